The van der Waals surface area contributed by atoms with Crippen molar-refractivity contribution in [2.75, 3.05) is 0 Å². The number of rotatable bonds is 0. The third kappa shape index (κ3) is 1.69. The Bertz CT molecular complexity index is 383. The monoisotopic (exact) mass is 331 g/mol. The predicted octanol–water partition coefficient (Wildman–Crippen LogP) is 4.29. The summed E-state index contributed by atoms with van der Waals surface area (Å²) in [5.74, 6) is 0. The van der Waals surface area contributed by atoms with Gasteiger partial charge in [0.1, 0.15) is 0 Å². The minimum atomic E-state index is 0.0153. The molecule has 0 radical (unpaired) electrons. The summed E-state index contributed by atoms with van der Waals surface area (Å²) in [7, 11) is 0. The van der Waals surface area contributed by atoms with Gasteiger partial charge < -0.3 is 0 Å². The van der Waals surface area contributed by atoms with Gasteiger partial charge in [-0.1, -0.05) is 31.9 Å². The largest absolute Gasteiger partial charge is 0.299 e. The van der Waals surface area contributed by atoms with E-state index in [0.29, 0.717) is 0 Å². The Labute approximate surface area is 108 Å². The first-order valence-electron chi connectivity index (χ1n) is 5.04. The zero-order valence-electron chi connectivity index (χ0n) is 9.41. The summed E-state index contributed by atoms with van der Waals surface area (Å²) in [6.45, 7) is 8.88. The fraction of sp³-hybridized carbons (Fsp3) is 0.500. The number of halogens is 2. The van der Waals surface area contributed by atoms with E-state index in [0.717, 1.165) is 0 Å². The van der Waals surface area contributed by atoms with E-state index in [1.54, 1.807) is 0 Å². The smallest absolute Gasteiger partial charge is 0.0399 e. The van der Waals surface area contributed by atoms with Crippen LogP contribution in [0.1, 0.15) is 38.8 Å². The molecule has 0 atom stereocenters. The molecule has 0 saturated heterocycles. The molecule has 3 heteroatoms. The molecule has 0 unspecified atom stereocenters. The number of hydrogen-bond donors (Lipinski definition) is 1. The van der Waals surface area contributed by atoms with Crippen molar-refractivity contribution in [2.24, 2.45) is 0 Å². The SMILES string of the molecule is CC1(C)NC(C)(C)c2c(Br)ccc(Br)c21. The molecule has 0 aromatic heterocycles. The molecule has 1 aliphatic rings. The van der Waals surface area contributed by atoms with E-state index in [1.165, 1.54) is 20.1 Å². The molecule has 1 N–H and O–H groups in total. The average molecular weight is 333 g/mol. The van der Waals surface area contributed by atoms with Crippen LogP contribution in [0.25, 0.3) is 0 Å². The van der Waals surface area contributed by atoms with E-state index >= 15 is 0 Å². The lowest BCUT2D eigenvalue weighted by Gasteiger charge is -2.26. The van der Waals surface area contributed by atoms with Crippen molar-refractivity contribution >= 4 is 31.9 Å². The zero-order valence-corrected chi connectivity index (χ0v) is 12.6. The first-order valence-corrected chi connectivity index (χ1v) is 6.62. The highest BCUT2D eigenvalue weighted by atomic mass is 79.9. The molecule has 0 bridgehead atoms. The molecule has 1 aromatic carbocycles. The highest BCUT2D eigenvalue weighted by Gasteiger charge is 2.43. The van der Waals surface area contributed by atoms with Gasteiger partial charge in [-0.25, -0.2) is 0 Å². The minimum absolute atomic E-state index is 0.0153. The highest BCUT2D eigenvalue weighted by Crippen LogP contribution is 2.47. The second-order valence-corrected chi connectivity index (χ2v) is 6.86. The van der Waals surface area contributed by atoms with Crippen LogP contribution in [0.2, 0.25) is 0 Å². The van der Waals surface area contributed by atoms with Gasteiger partial charge in [-0.3, -0.25) is 5.32 Å². The van der Waals surface area contributed by atoms with Crippen molar-refractivity contribution in [1.29, 1.82) is 0 Å². The van der Waals surface area contributed by atoms with E-state index in [9.17, 15) is 0 Å². The van der Waals surface area contributed by atoms with Crippen LogP contribution in [0, 0.1) is 0 Å². The van der Waals surface area contributed by atoms with E-state index in [1.807, 2.05) is 0 Å². The van der Waals surface area contributed by atoms with Gasteiger partial charge in [0.2, 0.25) is 0 Å². The van der Waals surface area contributed by atoms with E-state index in [2.05, 4.69) is 77.0 Å². The summed E-state index contributed by atoms with van der Waals surface area (Å²) in [5, 5.41) is 3.66. The van der Waals surface area contributed by atoms with Crippen molar-refractivity contribution < 1.29 is 0 Å². The van der Waals surface area contributed by atoms with Crippen molar-refractivity contribution in [1.82, 2.24) is 5.32 Å². The summed E-state index contributed by atoms with van der Waals surface area (Å²) < 4.78 is 2.37. The van der Waals surface area contributed by atoms with Crippen LogP contribution in [0.15, 0.2) is 21.1 Å². The fourth-order valence-corrected chi connectivity index (χ4v) is 4.33. The van der Waals surface area contributed by atoms with Gasteiger partial charge in [0.15, 0.2) is 0 Å². The Kier molecular flexibility index (Phi) is 2.57. The van der Waals surface area contributed by atoms with Crippen LogP contribution in [0.5, 0.6) is 0 Å². The molecule has 0 saturated carbocycles. The van der Waals surface area contributed by atoms with E-state index < -0.39 is 0 Å². The number of fused-ring (bicyclic) bond motifs is 1. The van der Waals surface area contributed by atoms with Crippen LogP contribution >= 0.6 is 31.9 Å². The summed E-state index contributed by atoms with van der Waals surface area (Å²) in [5.41, 5.74) is 2.76. The maximum absolute atomic E-state index is 3.66. The van der Waals surface area contributed by atoms with E-state index in [4.69, 9.17) is 0 Å². The molecule has 0 spiro atoms. The summed E-state index contributed by atoms with van der Waals surface area (Å²) in [6, 6.07) is 4.21. The molecule has 2 rings (SSSR count). The lowest BCUT2D eigenvalue weighted by Crippen LogP contribution is -2.40. The first-order chi connectivity index (χ1) is 6.76. The standard InChI is InChI=1S/C12H15Br2N/c1-11(2)9-7(13)5-6-8(14)10(9)12(3,4)15-11/h5-6,15H,1-4H3. The summed E-state index contributed by atoms with van der Waals surface area (Å²) in [6.07, 6.45) is 0. The first kappa shape index (κ1) is 11.6. The highest BCUT2D eigenvalue weighted by molar-refractivity contribution is 9.11. The van der Waals surface area contributed by atoms with Crippen LogP contribution in [-0.2, 0) is 11.1 Å². The maximum Gasteiger partial charge on any atom is 0.0399 e. The van der Waals surface area contributed by atoms with Crippen molar-refractivity contribution in [3.63, 3.8) is 0 Å². The normalized spacial score (nSPS) is 21.5. The second kappa shape index (κ2) is 3.31. The summed E-state index contributed by atoms with van der Waals surface area (Å²) >= 11 is 7.30. The predicted molar refractivity (Wildman–Crippen MR) is 71.0 cm³/mol. The molecule has 1 nitrogen and oxygen atoms in total. The second-order valence-electron chi connectivity index (χ2n) is 5.15. The molecule has 82 valence electrons. The Balaban J connectivity index is 2.80. The van der Waals surface area contributed by atoms with Crippen LogP contribution < -0.4 is 5.32 Å². The van der Waals surface area contributed by atoms with Crippen LogP contribution in [-0.4, -0.2) is 0 Å². The van der Waals surface area contributed by atoms with Gasteiger partial charge in [0, 0.05) is 20.0 Å². The molecule has 0 fully saturated rings. The Morgan fingerprint density at radius 2 is 1.20 bits per heavy atom. The zero-order chi connectivity index (χ0) is 11.4. The molecule has 15 heavy (non-hydrogen) atoms. The lowest BCUT2D eigenvalue weighted by molar-refractivity contribution is 0.318. The molecule has 1 heterocycles. The van der Waals surface area contributed by atoms with Gasteiger partial charge in [-0.15, -0.1) is 0 Å². The topological polar surface area (TPSA) is 12.0 Å². The van der Waals surface area contributed by atoms with Crippen molar-refractivity contribution in [3.8, 4) is 0 Å². The van der Waals surface area contributed by atoms with Crippen molar-refractivity contribution in [3.05, 3.63) is 32.2 Å². The Morgan fingerprint density at radius 3 is 1.53 bits per heavy atom. The Hall–Kier alpha value is 0.140. The van der Waals surface area contributed by atoms with Gasteiger partial charge >= 0.3 is 0 Å². The molecule has 0 amide bonds. The van der Waals surface area contributed by atoms with Gasteiger partial charge in [0.05, 0.1) is 0 Å². The minimum Gasteiger partial charge on any atom is -0.299 e. The van der Waals surface area contributed by atoms with Crippen LogP contribution in [0.3, 0.4) is 0 Å². The molecule has 0 aliphatic carbocycles. The maximum atomic E-state index is 3.66. The molecule has 1 aliphatic heterocycles. The number of nitrogens with one attached hydrogen (secondary N) is 1. The van der Waals surface area contributed by atoms with E-state index in [-0.39, 0.29) is 11.1 Å². The third-order valence-corrected chi connectivity index (χ3v) is 4.30. The number of benzene rings is 1. The Morgan fingerprint density at radius 1 is 0.867 bits per heavy atom. The fourth-order valence-electron chi connectivity index (χ4n) is 2.68. The van der Waals surface area contributed by atoms with Gasteiger partial charge in [0.25, 0.3) is 0 Å². The molecular formula is C12H15Br2N. The van der Waals surface area contributed by atoms with Gasteiger partial charge in [-0.05, 0) is 51.0 Å². The third-order valence-electron chi connectivity index (χ3n) is 2.98. The molecule has 1 aromatic rings. The summed E-state index contributed by atoms with van der Waals surface area (Å²) in [4.78, 5) is 0. The quantitative estimate of drug-likeness (QED) is 0.747. The number of hydrogen-bond acceptors (Lipinski definition) is 1. The molecular weight excluding hydrogens is 318 g/mol. The van der Waals surface area contributed by atoms with Crippen molar-refractivity contribution in [2.45, 2.75) is 38.8 Å². The lowest BCUT2D eigenvalue weighted by atomic mass is 9.91. The van der Waals surface area contributed by atoms with Gasteiger partial charge in [-0.2, -0.15) is 0 Å². The average Bonchev–Trinajstić information content (AvgIpc) is 2.25. The van der Waals surface area contributed by atoms with Crippen LogP contribution in [0.4, 0.5) is 0 Å².